The van der Waals surface area contributed by atoms with Gasteiger partial charge in [0.2, 0.25) is 11.8 Å². The van der Waals surface area contributed by atoms with E-state index in [0.717, 1.165) is 11.3 Å². The number of amides is 3. The molecule has 132 valence electrons. The van der Waals surface area contributed by atoms with Crippen LogP contribution in [0.4, 0.5) is 5.69 Å². The average Bonchev–Trinajstić information content (AvgIpc) is 2.90. The van der Waals surface area contributed by atoms with E-state index in [1.807, 2.05) is 18.0 Å². The zero-order chi connectivity index (χ0) is 17.7. The Kier molecular flexibility index (Phi) is 3.64. The monoisotopic (exact) mass is 345 g/mol. The Morgan fingerprint density at radius 2 is 2.12 bits per heavy atom. The molecule has 8 heteroatoms. The summed E-state index contributed by atoms with van der Waals surface area (Å²) in [5.74, 6) is -0.339. The van der Waals surface area contributed by atoms with Crippen LogP contribution < -0.4 is 15.0 Å². The number of fused-ring (bicyclic) bond motifs is 2. The summed E-state index contributed by atoms with van der Waals surface area (Å²) in [5, 5.41) is 11.7. The minimum Gasteiger partial charge on any atom is -0.489 e. The number of aliphatic hydroxyl groups excluding tert-OH is 1. The zero-order valence-corrected chi connectivity index (χ0v) is 13.8. The average molecular weight is 345 g/mol. The van der Waals surface area contributed by atoms with Gasteiger partial charge in [-0.15, -0.1) is 0 Å². The number of hydrogen-bond donors (Lipinski definition) is 2. The van der Waals surface area contributed by atoms with E-state index < -0.39 is 11.9 Å². The molecule has 0 bridgehead atoms. The second-order valence-electron chi connectivity index (χ2n) is 6.64. The second-order valence-corrected chi connectivity index (χ2v) is 6.64. The van der Waals surface area contributed by atoms with Crippen molar-refractivity contribution >= 4 is 23.4 Å². The van der Waals surface area contributed by atoms with Gasteiger partial charge in [-0.2, -0.15) is 0 Å². The van der Waals surface area contributed by atoms with Crippen LogP contribution in [0.3, 0.4) is 0 Å². The molecule has 1 aromatic carbocycles. The van der Waals surface area contributed by atoms with Crippen molar-refractivity contribution in [1.29, 1.82) is 0 Å². The topological polar surface area (TPSA) is 99.2 Å². The Hall–Kier alpha value is -2.61. The fourth-order valence-corrected chi connectivity index (χ4v) is 3.64. The quantitative estimate of drug-likeness (QED) is 0.710. The number of imide groups is 1. The number of ether oxygens (including phenoxy) is 1. The summed E-state index contributed by atoms with van der Waals surface area (Å²) < 4.78 is 5.69. The van der Waals surface area contributed by atoms with E-state index >= 15 is 0 Å². The number of benzene rings is 1. The molecule has 0 radical (unpaired) electrons. The van der Waals surface area contributed by atoms with Crippen LogP contribution >= 0.6 is 0 Å². The number of hydrogen-bond acceptors (Lipinski definition) is 6. The van der Waals surface area contributed by atoms with Crippen molar-refractivity contribution in [2.45, 2.75) is 31.5 Å². The highest BCUT2D eigenvalue weighted by Gasteiger charge is 2.40. The Labute approximate surface area is 144 Å². The van der Waals surface area contributed by atoms with E-state index in [4.69, 9.17) is 4.74 Å². The lowest BCUT2D eigenvalue weighted by atomic mass is 10.0. The second kappa shape index (κ2) is 5.73. The molecule has 3 aliphatic rings. The van der Waals surface area contributed by atoms with Crippen LogP contribution in [0.2, 0.25) is 0 Å². The molecule has 4 rings (SSSR count). The maximum atomic E-state index is 12.8. The number of piperidine rings is 1. The largest absolute Gasteiger partial charge is 0.489 e. The fourth-order valence-electron chi connectivity index (χ4n) is 3.64. The Morgan fingerprint density at radius 1 is 1.32 bits per heavy atom. The third-order valence-electron chi connectivity index (χ3n) is 5.17. The van der Waals surface area contributed by atoms with Crippen LogP contribution in [0.1, 0.15) is 28.8 Å². The summed E-state index contributed by atoms with van der Waals surface area (Å²) in [6, 6.07) is 2.84. The predicted molar refractivity (Wildman–Crippen MR) is 87.3 cm³/mol. The number of aliphatic hydroxyl groups is 1. The first kappa shape index (κ1) is 15.9. The van der Waals surface area contributed by atoms with Gasteiger partial charge in [0.15, 0.2) is 0 Å². The molecule has 1 fully saturated rings. The summed E-state index contributed by atoms with van der Waals surface area (Å²) in [7, 11) is 1.88. The molecule has 1 aromatic rings. The molecule has 3 heterocycles. The third-order valence-corrected chi connectivity index (χ3v) is 5.17. The van der Waals surface area contributed by atoms with Gasteiger partial charge in [0, 0.05) is 25.6 Å². The van der Waals surface area contributed by atoms with Gasteiger partial charge in [-0.05, 0) is 24.1 Å². The van der Waals surface area contributed by atoms with E-state index in [-0.39, 0.29) is 30.9 Å². The molecular formula is C17H19N3O5. The van der Waals surface area contributed by atoms with Crippen molar-refractivity contribution in [2.24, 2.45) is 0 Å². The van der Waals surface area contributed by atoms with Crippen LogP contribution in [-0.4, -0.2) is 60.1 Å². The van der Waals surface area contributed by atoms with Gasteiger partial charge >= 0.3 is 0 Å². The molecule has 0 saturated carbocycles. The zero-order valence-electron chi connectivity index (χ0n) is 13.8. The van der Waals surface area contributed by atoms with Gasteiger partial charge in [0.1, 0.15) is 18.4 Å². The number of nitrogens with one attached hydrogen (secondary N) is 1. The van der Waals surface area contributed by atoms with Crippen LogP contribution in [0, 0.1) is 0 Å². The smallest absolute Gasteiger partial charge is 0.255 e. The molecule has 3 amide bonds. The molecule has 0 unspecified atom stereocenters. The number of carbonyl (C=O) groups excluding carboxylic acids is 3. The third kappa shape index (κ3) is 2.44. The van der Waals surface area contributed by atoms with E-state index in [2.05, 4.69) is 5.32 Å². The standard InChI is InChI=1S/C17H19N3O5/c1-19-10(7-21)8-25-14-5-11-9(4-13(14)19)6-20(17(11)24)12-2-3-15(22)18-16(12)23/h4-5,10,12,21H,2-3,6-8H2,1H3,(H,18,22,23)/t10-,12-/m0/s1. The van der Waals surface area contributed by atoms with Crippen molar-refractivity contribution < 1.29 is 24.2 Å². The minimum absolute atomic E-state index is 0.0195. The summed E-state index contributed by atoms with van der Waals surface area (Å²) in [6.45, 7) is 0.656. The normalized spacial score (nSPS) is 25.4. The Balaban J connectivity index is 1.64. The molecule has 25 heavy (non-hydrogen) atoms. The molecular weight excluding hydrogens is 326 g/mol. The summed E-state index contributed by atoms with van der Waals surface area (Å²) in [6.07, 6.45) is 0.574. The minimum atomic E-state index is -0.626. The van der Waals surface area contributed by atoms with Gasteiger partial charge in [0.25, 0.3) is 5.91 Å². The lowest BCUT2D eigenvalue weighted by Crippen LogP contribution is -2.52. The van der Waals surface area contributed by atoms with E-state index in [9.17, 15) is 19.5 Å². The Morgan fingerprint density at radius 3 is 2.84 bits per heavy atom. The molecule has 2 atom stereocenters. The highest BCUT2D eigenvalue weighted by Crippen LogP contribution is 2.39. The number of rotatable bonds is 2. The van der Waals surface area contributed by atoms with Crippen molar-refractivity contribution in [1.82, 2.24) is 10.2 Å². The lowest BCUT2D eigenvalue weighted by Gasteiger charge is -2.35. The Bertz CT molecular complexity index is 778. The van der Waals surface area contributed by atoms with E-state index in [1.165, 1.54) is 4.90 Å². The fraction of sp³-hybridized carbons (Fsp3) is 0.471. The number of likely N-dealkylation sites (N-methyl/N-ethyl adjacent to an activating group) is 1. The maximum absolute atomic E-state index is 12.8. The van der Waals surface area contributed by atoms with Crippen molar-refractivity contribution in [3.8, 4) is 5.75 Å². The van der Waals surface area contributed by atoms with Gasteiger partial charge in [-0.3, -0.25) is 19.7 Å². The van der Waals surface area contributed by atoms with Crippen molar-refractivity contribution in [2.75, 3.05) is 25.2 Å². The van der Waals surface area contributed by atoms with E-state index in [0.29, 0.717) is 30.9 Å². The maximum Gasteiger partial charge on any atom is 0.255 e. The van der Waals surface area contributed by atoms with Gasteiger partial charge in [-0.1, -0.05) is 0 Å². The van der Waals surface area contributed by atoms with Gasteiger partial charge in [0.05, 0.1) is 18.3 Å². The van der Waals surface area contributed by atoms with Crippen LogP contribution in [0.5, 0.6) is 5.75 Å². The molecule has 2 N–H and O–H groups in total. The molecule has 1 saturated heterocycles. The predicted octanol–water partition coefficient (Wildman–Crippen LogP) is -0.363. The van der Waals surface area contributed by atoms with Crippen molar-refractivity contribution in [3.05, 3.63) is 23.3 Å². The molecule has 8 nitrogen and oxygen atoms in total. The molecule has 0 aromatic heterocycles. The van der Waals surface area contributed by atoms with Crippen LogP contribution in [-0.2, 0) is 16.1 Å². The van der Waals surface area contributed by atoms with Crippen molar-refractivity contribution in [3.63, 3.8) is 0 Å². The molecule has 0 aliphatic carbocycles. The highest BCUT2D eigenvalue weighted by atomic mass is 16.5. The van der Waals surface area contributed by atoms with Crippen LogP contribution in [0.25, 0.3) is 0 Å². The summed E-state index contributed by atoms with van der Waals surface area (Å²) in [4.78, 5) is 39.6. The lowest BCUT2D eigenvalue weighted by molar-refractivity contribution is -0.136. The van der Waals surface area contributed by atoms with Gasteiger partial charge < -0.3 is 19.6 Å². The first-order valence-electron chi connectivity index (χ1n) is 8.27. The highest BCUT2D eigenvalue weighted by molar-refractivity contribution is 6.05. The SMILES string of the molecule is CN1c2cc3c(cc2OC[C@@H]1CO)C(=O)N([C@H]1CCC(=O)NC1=O)C3. The molecule has 0 spiro atoms. The van der Waals surface area contributed by atoms with Gasteiger partial charge in [-0.25, -0.2) is 0 Å². The first-order valence-corrected chi connectivity index (χ1v) is 8.27. The number of nitrogens with zero attached hydrogens (tertiary/aromatic N) is 2. The molecule has 3 aliphatic heterocycles. The number of carbonyl (C=O) groups is 3. The van der Waals surface area contributed by atoms with Crippen LogP contribution in [0.15, 0.2) is 12.1 Å². The first-order chi connectivity index (χ1) is 12.0. The summed E-state index contributed by atoms with van der Waals surface area (Å²) >= 11 is 0. The summed E-state index contributed by atoms with van der Waals surface area (Å²) in [5.41, 5.74) is 2.17. The number of anilines is 1. The van der Waals surface area contributed by atoms with E-state index in [1.54, 1.807) is 6.07 Å².